The first-order valence-electron chi connectivity index (χ1n) is 6.25. The second-order valence-electron chi connectivity index (χ2n) is 4.86. The fourth-order valence-electron chi connectivity index (χ4n) is 2.17. The van der Waals surface area contributed by atoms with Crippen molar-refractivity contribution in [3.63, 3.8) is 0 Å². The van der Waals surface area contributed by atoms with Crippen molar-refractivity contribution in [3.8, 4) is 0 Å². The third-order valence-corrected chi connectivity index (χ3v) is 3.73. The molecule has 1 aliphatic heterocycles. The number of hydroxylamine groups is 1. The number of rotatable bonds is 1. The predicted molar refractivity (Wildman–Crippen MR) is 78.4 cm³/mol. The number of benzene rings is 1. The van der Waals surface area contributed by atoms with Gasteiger partial charge in [-0.05, 0) is 43.7 Å². The van der Waals surface area contributed by atoms with Crippen LogP contribution >= 0.6 is 11.6 Å². The maximum atomic E-state index is 6.01. The summed E-state index contributed by atoms with van der Waals surface area (Å²) in [5, 5.41) is 3.68. The normalized spacial score (nSPS) is 16.3. The molecule has 1 aromatic heterocycles. The van der Waals surface area contributed by atoms with Crippen LogP contribution in [0.3, 0.4) is 0 Å². The zero-order valence-corrected chi connectivity index (χ0v) is 11.7. The molecule has 1 aliphatic rings. The summed E-state index contributed by atoms with van der Waals surface area (Å²) in [5.74, 6) is 0. The Hall–Kier alpha value is -1.58. The minimum atomic E-state index is 0.642. The molecule has 0 saturated carbocycles. The molecule has 0 spiro atoms. The van der Waals surface area contributed by atoms with Crippen LogP contribution in [0.1, 0.15) is 13.8 Å². The first-order chi connectivity index (χ1) is 9.15. The van der Waals surface area contributed by atoms with Gasteiger partial charge < -0.3 is 0 Å². The summed E-state index contributed by atoms with van der Waals surface area (Å²) in [5.41, 5.74) is 4.58. The van der Waals surface area contributed by atoms with Crippen LogP contribution in [0.25, 0.3) is 10.9 Å². The number of pyridine rings is 1. The Bertz CT molecular complexity index is 666. The van der Waals surface area contributed by atoms with Gasteiger partial charge in [0.2, 0.25) is 0 Å². The Balaban J connectivity index is 2.06. The van der Waals surface area contributed by atoms with E-state index in [-0.39, 0.29) is 0 Å². The summed E-state index contributed by atoms with van der Waals surface area (Å²) in [6, 6.07) is 7.72. The molecule has 0 atom stereocenters. The van der Waals surface area contributed by atoms with E-state index in [4.69, 9.17) is 16.4 Å². The smallest absolute Gasteiger partial charge is 0.0960 e. The molecular formula is C15H15ClN2O. The number of hydrogen-bond acceptors (Lipinski definition) is 3. The van der Waals surface area contributed by atoms with E-state index in [0.29, 0.717) is 11.6 Å². The van der Waals surface area contributed by atoms with Crippen molar-refractivity contribution in [1.29, 1.82) is 0 Å². The van der Waals surface area contributed by atoms with Gasteiger partial charge in [0.25, 0.3) is 0 Å². The van der Waals surface area contributed by atoms with E-state index in [0.717, 1.165) is 23.1 Å². The molecule has 0 aliphatic carbocycles. The summed E-state index contributed by atoms with van der Waals surface area (Å²) >= 11 is 6.01. The lowest BCUT2D eigenvalue weighted by atomic mass is 10.1. The maximum absolute atomic E-state index is 6.01. The Kier molecular flexibility index (Phi) is 3.17. The molecule has 0 saturated heterocycles. The zero-order valence-electron chi connectivity index (χ0n) is 11.0. The quantitative estimate of drug-likeness (QED) is 0.736. The molecule has 19 heavy (non-hydrogen) atoms. The van der Waals surface area contributed by atoms with Crippen LogP contribution in [0.5, 0.6) is 0 Å². The van der Waals surface area contributed by atoms with E-state index in [2.05, 4.69) is 18.8 Å². The van der Waals surface area contributed by atoms with E-state index in [1.807, 2.05) is 29.3 Å². The van der Waals surface area contributed by atoms with Gasteiger partial charge in [0.05, 0.1) is 24.4 Å². The second-order valence-corrected chi connectivity index (χ2v) is 5.30. The first kappa shape index (κ1) is 12.5. The molecule has 0 unspecified atom stereocenters. The molecule has 0 amide bonds. The lowest BCUT2D eigenvalue weighted by Gasteiger charge is -2.30. The molecular weight excluding hydrogens is 260 g/mol. The van der Waals surface area contributed by atoms with Gasteiger partial charge in [0.15, 0.2) is 0 Å². The second kappa shape index (κ2) is 4.83. The highest BCUT2D eigenvalue weighted by atomic mass is 35.5. The molecule has 98 valence electrons. The molecule has 0 bridgehead atoms. The van der Waals surface area contributed by atoms with Gasteiger partial charge in [-0.2, -0.15) is 0 Å². The van der Waals surface area contributed by atoms with Crippen molar-refractivity contribution in [3.05, 3.63) is 46.6 Å². The third kappa shape index (κ3) is 2.31. The van der Waals surface area contributed by atoms with Gasteiger partial charge in [-0.25, -0.2) is 5.06 Å². The summed E-state index contributed by atoms with van der Waals surface area (Å²) in [7, 11) is 0. The number of hydrogen-bond donors (Lipinski definition) is 0. The number of nitrogens with zero attached hydrogens (tertiary/aromatic N) is 2. The number of anilines is 1. The lowest BCUT2D eigenvalue weighted by Crippen LogP contribution is -2.31. The third-order valence-electron chi connectivity index (χ3n) is 3.50. The van der Waals surface area contributed by atoms with Crippen LogP contribution in [-0.4, -0.2) is 18.1 Å². The standard InChI is InChI=1S/C15H15ClN2O/c1-10-8-18(19-9-11(10)2)15-5-6-17-14-7-12(16)3-4-13(14)15/h3-7H,8-9H2,1-2H3. The van der Waals surface area contributed by atoms with Crippen molar-refractivity contribution >= 4 is 28.2 Å². The molecule has 1 aromatic carbocycles. The Morgan fingerprint density at radius 3 is 2.84 bits per heavy atom. The van der Waals surface area contributed by atoms with Gasteiger partial charge >= 0.3 is 0 Å². The van der Waals surface area contributed by atoms with Crippen LogP contribution in [0, 0.1) is 0 Å². The summed E-state index contributed by atoms with van der Waals surface area (Å²) in [6.45, 7) is 5.68. The fraction of sp³-hybridized carbons (Fsp3) is 0.267. The molecule has 0 N–H and O–H groups in total. The van der Waals surface area contributed by atoms with E-state index < -0.39 is 0 Å². The predicted octanol–water partition coefficient (Wildman–Crippen LogP) is 3.98. The number of halogens is 1. The van der Waals surface area contributed by atoms with E-state index in [1.165, 1.54) is 11.1 Å². The van der Waals surface area contributed by atoms with Crippen LogP contribution < -0.4 is 5.06 Å². The summed E-state index contributed by atoms with van der Waals surface area (Å²) < 4.78 is 0. The molecule has 3 nitrogen and oxygen atoms in total. The molecule has 4 heteroatoms. The van der Waals surface area contributed by atoms with Crippen molar-refractivity contribution in [2.24, 2.45) is 0 Å². The van der Waals surface area contributed by atoms with Gasteiger partial charge in [-0.1, -0.05) is 17.2 Å². The fourth-order valence-corrected chi connectivity index (χ4v) is 2.34. The SMILES string of the molecule is CC1=C(C)CN(c2ccnc3cc(Cl)ccc23)OC1. The van der Waals surface area contributed by atoms with Crippen molar-refractivity contribution in [1.82, 2.24) is 4.98 Å². The highest BCUT2D eigenvalue weighted by molar-refractivity contribution is 6.31. The maximum Gasteiger partial charge on any atom is 0.0960 e. The van der Waals surface area contributed by atoms with Gasteiger partial charge in [-0.15, -0.1) is 0 Å². The minimum absolute atomic E-state index is 0.642. The van der Waals surface area contributed by atoms with Gasteiger partial charge in [-0.3, -0.25) is 9.82 Å². The number of fused-ring (bicyclic) bond motifs is 1. The van der Waals surface area contributed by atoms with Crippen LogP contribution in [-0.2, 0) is 4.84 Å². The molecule has 2 aromatic rings. The monoisotopic (exact) mass is 274 g/mol. The van der Waals surface area contributed by atoms with Crippen molar-refractivity contribution in [2.75, 3.05) is 18.2 Å². The molecule has 2 heterocycles. The first-order valence-corrected chi connectivity index (χ1v) is 6.63. The average molecular weight is 275 g/mol. The molecule has 3 rings (SSSR count). The molecule has 0 radical (unpaired) electrons. The topological polar surface area (TPSA) is 25.4 Å². The minimum Gasteiger partial charge on any atom is -0.269 e. The summed E-state index contributed by atoms with van der Waals surface area (Å²) in [6.07, 6.45) is 1.79. The molecule has 0 fully saturated rings. The lowest BCUT2D eigenvalue weighted by molar-refractivity contribution is 0.122. The largest absolute Gasteiger partial charge is 0.269 e. The van der Waals surface area contributed by atoms with Gasteiger partial charge in [0, 0.05) is 16.6 Å². The van der Waals surface area contributed by atoms with E-state index in [1.54, 1.807) is 6.20 Å². The highest BCUT2D eigenvalue weighted by Crippen LogP contribution is 2.30. The number of aromatic nitrogens is 1. The van der Waals surface area contributed by atoms with E-state index in [9.17, 15) is 0 Å². The zero-order chi connectivity index (χ0) is 13.4. The van der Waals surface area contributed by atoms with Crippen molar-refractivity contribution < 1.29 is 4.84 Å². The van der Waals surface area contributed by atoms with Crippen molar-refractivity contribution in [2.45, 2.75) is 13.8 Å². The Labute approximate surface area is 117 Å². The Morgan fingerprint density at radius 1 is 1.21 bits per heavy atom. The van der Waals surface area contributed by atoms with E-state index >= 15 is 0 Å². The van der Waals surface area contributed by atoms with Crippen LogP contribution in [0.15, 0.2) is 41.6 Å². The van der Waals surface area contributed by atoms with Crippen LogP contribution in [0.4, 0.5) is 5.69 Å². The van der Waals surface area contributed by atoms with Gasteiger partial charge in [0.1, 0.15) is 0 Å². The Morgan fingerprint density at radius 2 is 2.05 bits per heavy atom. The average Bonchev–Trinajstić information content (AvgIpc) is 2.41. The van der Waals surface area contributed by atoms with Crippen LogP contribution in [0.2, 0.25) is 5.02 Å². The highest BCUT2D eigenvalue weighted by Gasteiger charge is 2.17. The summed E-state index contributed by atoms with van der Waals surface area (Å²) in [4.78, 5) is 10.2.